The maximum atomic E-state index is 5.81. The average Bonchev–Trinajstić information content (AvgIpc) is 2.68. The Kier molecular flexibility index (Phi) is 5.62. The maximum Gasteiger partial charge on any atom is 0.0888 e. The first-order chi connectivity index (χ1) is 8.88. The second-order valence-electron chi connectivity index (χ2n) is 5.20. The Labute approximate surface area is 110 Å². The van der Waals surface area contributed by atoms with E-state index in [2.05, 4.69) is 4.98 Å². The summed E-state index contributed by atoms with van der Waals surface area (Å²) < 4.78 is 5.81. The summed E-state index contributed by atoms with van der Waals surface area (Å²) in [6.45, 7) is 2.00. The molecule has 3 heteroatoms. The molecule has 100 valence electrons. The smallest absolute Gasteiger partial charge is 0.0888 e. The van der Waals surface area contributed by atoms with Gasteiger partial charge in [-0.3, -0.25) is 4.98 Å². The molecule has 3 nitrogen and oxygen atoms in total. The first kappa shape index (κ1) is 13.5. The normalized spacial score (nSPS) is 17.6. The van der Waals surface area contributed by atoms with Crippen LogP contribution in [0.2, 0.25) is 0 Å². The fourth-order valence-corrected chi connectivity index (χ4v) is 2.58. The van der Waals surface area contributed by atoms with Crippen molar-refractivity contribution in [1.29, 1.82) is 0 Å². The summed E-state index contributed by atoms with van der Waals surface area (Å²) >= 11 is 0. The quantitative estimate of drug-likeness (QED) is 0.815. The van der Waals surface area contributed by atoms with Gasteiger partial charge in [0.05, 0.1) is 18.0 Å². The summed E-state index contributed by atoms with van der Waals surface area (Å²) in [7, 11) is 0. The van der Waals surface area contributed by atoms with E-state index in [9.17, 15) is 0 Å². The largest absolute Gasteiger partial charge is 0.375 e. The molecule has 0 amide bonds. The van der Waals surface area contributed by atoms with E-state index in [-0.39, 0.29) is 0 Å². The molecule has 0 saturated heterocycles. The van der Waals surface area contributed by atoms with Crippen LogP contribution in [0.4, 0.5) is 0 Å². The number of hydrogen-bond acceptors (Lipinski definition) is 3. The summed E-state index contributed by atoms with van der Waals surface area (Å²) in [6, 6.07) is 5.96. The Hall–Kier alpha value is -0.930. The molecule has 1 fully saturated rings. The number of nitrogens with two attached hydrogens (primary N) is 1. The number of pyridine rings is 1. The molecule has 1 heterocycles. The van der Waals surface area contributed by atoms with E-state index < -0.39 is 0 Å². The van der Waals surface area contributed by atoms with E-state index in [1.54, 1.807) is 0 Å². The lowest BCUT2D eigenvalue weighted by atomic mass is 10.0. The Balaban J connectivity index is 1.73. The summed E-state index contributed by atoms with van der Waals surface area (Å²) in [5, 5.41) is 0. The van der Waals surface area contributed by atoms with Gasteiger partial charge >= 0.3 is 0 Å². The zero-order valence-electron chi connectivity index (χ0n) is 11.1. The summed E-state index contributed by atoms with van der Waals surface area (Å²) in [5.41, 5.74) is 7.51. The molecule has 0 atom stereocenters. The number of rotatable bonds is 5. The number of hydrogen-bond donors (Lipinski definition) is 1. The zero-order valence-corrected chi connectivity index (χ0v) is 11.1. The topological polar surface area (TPSA) is 48.1 Å². The lowest BCUT2D eigenvalue weighted by Gasteiger charge is -2.14. The van der Waals surface area contributed by atoms with Gasteiger partial charge in [0.15, 0.2) is 0 Å². The predicted octanol–water partition coefficient (Wildman–Crippen LogP) is 3.03. The van der Waals surface area contributed by atoms with Gasteiger partial charge in [0, 0.05) is 13.2 Å². The molecule has 0 aliphatic heterocycles. The summed E-state index contributed by atoms with van der Waals surface area (Å²) in [6.07, 6.45) is 8.20. The maximum absolute atomic E-state index is 5.81. The fourth-order valence-electron chi connectivity index (χ4n) is 2.58. The Morgan fingerprint density at radius 1 is 1.11 bits per heavy atom. The van der Waals surface area contributed by atoms with Gasteiger partial charge in [-0.1, -0.05) is 31.7 Å². The van der Waals surface area contributed by atoms with Crippen LogP contribution in [0.25, 0.3) is 0 Å². The van der Waals surface area contributed by atoms with Crippen LogP contribution in [0.3, 0.4) is 0 Å². The van der Waals surface area contributed by atoms with Gasteiger partial charge in [0.2, 0.25) is 0 Å². The lowest BCUT2D eigenvalue weighted by Crippen LogP contribution is -2.10. The van der Waals surface area contributed by atoms with Gasteiger partial charge < -0.3 is 10.5 Å². The summed E-state index contributed by atoms with van der Waals surface area (Å²) in [5.74, 6) is 0.755. The molecular formula is C15H24N2O. The van der Waals surface area contributed by atoms with Crippen LogP contribution in [-0.4, -0.2) is 11.6 Å². The minimum atomic E-state index is 0.496. The molecule has 2 N–H and O–H groups in total. The van der Waals surface area contributed by atoms with Crippen molar-refractivity contribution in [2.24, 2.45) is 11.7 Å². The zero-order chi connectivity index (χ0) is 12.6. The number of aromatic nitrogens is 1. The van der Waals surface area contributed by atoms with Crippen LogP contribution in [0.15, 0.2) is 18.2 Å². The standard InChI is InChI=1S/C15H24N2O/c16-10-14-8-5-9-15(17-14)12-18-11-13-6-3-1-2-4-7-13/h5,8-9,13H,1-4,6-7,10-12,16H2. The predicted molar refractivity (Wildman–Crippen MR) is 73.0 cm³/mol. The Morgan fingerprint density at radius 2 is 1.83 bits per heavy atom. The van der Waals surface area contributed by atoms with E-state index in [4.69, 9.17) is 10.5 Å². The molecule has 1 saturated carbocycles. The van der Waals surface area contributed by atoms with E-state index >= 15 is 0 Å². The van der Waals surface area contributed by atoms with E-state index in [1.165, 1.54) is 38.5 Å². The van der Waals surface area contributed by atoms with E-state index in [0.29, 0.717) is 13.2 Å². The number of nitrogens with zero attached hydrogens (tertiary/aromatic N) is 1. The highest BCUT2D eigenvalue weighted by Gasteiger charge is 2.12. The molecule has 1 aromatic heterocycles. The van der Waals surface area contributed by atoms with Crippen molar-refractivity contribution < 1.29 is 4.74 Å². The highest BCUT2D eigenvalue weighted by Crippen LogP contribution is 2.23. The third-order valence-electron chi connectivity index (χ3n) is 3.65. The van der Waals surface area contributed by atoms with Crippen molar-refractivity contribution in [3.8, 4) is 0 Å². The molecule has 0 radical (unpaired) electrons. The second kappa shape index (κ2) is 7.49. The first-order valence-corrected chi connectivity index (χ1v) is 7.11. The minimum Gasteiger partial charge on any atom is -0.375 e. The molecule has 2 rings (SSSR count). The molecule has 1 aliphatic carbocycles. The molecule has 0 bridgehead atoms. The molecule has 1 aliphatic rings. The van der Waals surface area contributed by atoms with Crippen molar-refractivity contribution in [3.63, 3.8) is 0 Å². The van der Waals surface area contributed by atoms with Gasteiger partial charge in [-0.2, -0.15) is 0 Å². The lowest BCUT2D eigenvalue weighted by molar-refractivity contribution is 0.0797. The first-order valence-electron chi connectivity index (χ1n) is 7.11. The second-order valence-corrected chi connectivity index (χ2v) is 5.20. The van der Waals surface area contributed by atoms with Crippen molar-refractivity contribution >= 4 is 0 Å². The number of ether oxygens (including phenoxy) is 1. The van der Waals surface area contributed by atoms with Gasteiger partial charge in [-0.25, -0.2) is 0 Å². The molecule has 1 aromatic rings. The molecule has 0 aromatic carbocycles. The van der Waals surface area contributed by atoms with Gasteiger partial charge in [-0.15, -0.1) is 0 Å². The monoisotopic (exact) mass is 248 g/mol. The van der Waals surface area contributed by atoms with Crippen molar-refractivity contribution in [1.82, 2.24) is 4.98 Å². The third-order valence-corrected chi connectivity index (χ3v) is 3.65. The van der Waals surface area contributed by atoms with Crippen molar-refractivity contribution in [3.05, 3.63) is 29.6 Å². The fraction of sp³-hybridized carbons (Fsp3) is 0.667. The highest BCUT2D eigenvalue weighted by molar-refractivity contribution is 5.10. The summed E-state index contributed by atoms with van der Waals surface area (Å²) in [4.78, 5) is 4.44. The van der Waals surface area contributed by atoms with Gasteiger partial charge in [0.1, 0.15) is 0 Å². The Bertz CT molecular complexity index is 346. The van der Waals surface area contributed by atoms with Crippen LogP contribution in [0, 0.1) is 5.92 Å². The SMILES string of the molecule is NCc1cccc(COCC2CCCCCC2)n1. The average molecular weight is 248 g/mol. The Morgan fingerprint density at radius 3 is 2.56 bits per heavy atom. The van der Waals surface area contributed by atoms with Crippen molar-refractivity contribution in [2.45, 2.75) is 51.7 Å². The van der Waals surface area contributed by atoms with Crippen LogP contribution in [0.5, 0.6) is 0 Å². The van der Waals surface area contributed by atoms with E-state index in [1.807, 2.05) is 18.2 Å². The van der Waals surface area contributed by atoms with Crippen LogP contribution < -0.4 is 5.73 Å². The van der Waals surface area contributed by atoms with Gasteiger partial charge in [-0.05, 0) is 30.9 Å². The highest BCUT2D eigenvalue weighted by atomic mass is 16.5. The molecular weight excluding hydrogens is 224 g/mol. The van der Waals surface area contributed by atoms with Crippen LogP contribution in [-0.2, 0) is 17.9 Å². The molecule has 0 spiro atoms. The minimum absolute atomic E-state index is 0.496. The third kappa shape index (κ3) is 4.39. The van der Waals surface area contributed by atoms with Crippen LogP contribution >= 0.6 is 0 Å². The molecule has 18 heavy (non-hydrogen) atoms. The molecule has 0 unspecified atom stereocenters. The van der Waals surface area contributed by atoms with E-state index in [0.717, 1.165) is 23.9 Å². The van der Waals surface area contributed by atoms with Crippen LogP contribution in [0.1, 0.15) is 49.9 Å². The van der Waals surface area contributed by atoms with Crippen molar-refractivity contribution in [2.75, 3.05) is 6.61 Å². The van der Waals surface area contributed by atoms with Gasteiger partial charge in [0.25, 0.3) is 0 Å².